The zero-order chi connectivity index (χ0) is 14.8. The van der Waals surface area contributed by atoms with E-state index in [0.29, 0.717) is 10.0 Å². The Morgan fingerprint density at radius 1 is 1.10 bits per heavy atom. The Labute approximate surface area is 126 Å². The summed E-state index contributed by atoms with van der Waals surface area (Å²) in [5.74, 6) is -0.352. The van der Waals surface area contributed by atoms with E-state index in [4.69, 9.17) is 0 Å². The molecule has 0 heterocycles. The molecule has 0 unspecified atom stereocenters. The molecule has 6 heteroatoms. The molecule has 3 nitrogen and oxygen atoms in total. The predicted octanol–water partition coefficient (Wildman–Crippen LogP) is 3.63. The lowest BCUT2D eigenvalue weighted by Gasteiger charge is -2.15. The Morgan fingerprint density at radius 3 is 2.30 bits per heavy atom. The van der Waals surface area contributed by atoms with Gasteiger partial charge in [0, 0.05) is 10.5 Å². The minimum Gasteiger partial charge on any atom is -0.207 e. The molecule has 0 aliphatic rings. The van der Waals surface area contributed by atoms with Crippen molar-refractivity contribution in [1.29, 1.82) is 0 Å². The van der Waals surface area contributed by atoms with E-state index in [0.717, 1.165) is 0 Å². The average molecular weight is 358 g/mol. The highest BCUT2D eigenvalue weighted by atomic mass is 79.9. The first kappa shape index (κ1) is 15.2. The van der Waals surface area contributed by atoms with Gasteiger partial charge in [-0.25, -0.2) is 17.5 Å². The highest BCUT2D eigenvalue weighted by Crippen LogP contribution is 2.23. The molecule has 0 fully saturated rings. The molecule has 0 aliphatic heterocycles. The molecule has 0 radical (unpaired) electrons. The third-order valence-electron chi connectivity index (χ3n) is 2.83. The predicted molar refractivity (Wildman–Crippen MR) is 79.3 cm³/mol. The number of halogens is 2. The molecule has 0 saturated heterocycles. The molecule has 1 atom stereocenters. The first-order chi connectivity index (χ1) is 9.40. The molecule has 20 heavy (non-hydrogen) atoms. The van der Waals surface area contributed by atoms with Gasteiger partial charge in [0.1, 0.15) is 5.82 Å². The maximum absolute atomic E-state index is 12.9. The van der Waals surface area contributed by atoms with Crippen molar-refractivity contribution in [2.45, 2.75) is 17.9 Å². The summed E-state index contributed by atoms with van der Waals surface area (Å²) in [5, 5.41) is 0. The number of hydrogen-bond acceptors (Lipinski definition) is 2. The number of sulfonamides is 1. The molecule has 0 amide bonds. The number of rotatable bonds is 4. The molecular formula is C14H13BrFNO2S. The molecule has 2 aromatic rings. The minimum atomic E-state index is -3.64. The Bertz CT molecular complexity index is 701. The molecule has 0 bridgehead atoms. The molecule has 2 rings (SSSR count). The number of benzene rings is 2. The van der Waals surface area contributed by atoms with E-state index >= 15 is 0 Å². The van der Waals surface area contributed by atoms with Crippen LogP contribution in [0.25, 0.3) is 0 Å². The van der Waals surface area contributed by atoms with Crippen molar-refractivity contribution in [3.05, 3.63) is 64.4 Å². The van der Waals surface area contributed by atoms with Crippen molar-refractivity contribution < 1.29 is 12.8 Å². The monoisotopic (exact) mass is 357 g/mol. The second-order valence-corrected chi connectivity index (χ2v) is 6.86. The molecule has 0 aromatic heterocycles. The Balaban J connectivity index is 2.24. The lowest BCUT2D eigenvalue weighted by molar-refractivity contribution is 0.566. The fourth-order valence-electron chi connectivity index (χ4n) is 1.78. The van der Waals surface area contributed by atoms with Crippen LogP contribution in [0.15, 0.2) is 57.9 Å². The van der Waals surface area contributed by atoms with Crippen LogP contribution in [0.4, 0.5) is 4.39 Å². The van der Waals surface area contributed by atoms with Crippen molar-refractivity contribution in [3.8, 4) is 0 Å². The van der Waals surface area contributed by atoms with Gasteiger partial charge in [0.2, 0.25) is 10.0 Å². The van der Waals surface area contributed by atoms with Gasteiger partial charge < -0.3 is 0 Å². The average Bonchev–Trinajstić information content (AvgIpc) is 2.39. The first-order valence-corrected chi connectivity index (χ1v) is 8.20. The van der Waals surface area contributed by atoms with Gasteiger partial charge in [-0.15, -0.1) is 0 Å². The third kappa shape index (κ3) is 3.45. The van der Waals surface area contributed by atoms with Crippen molar-refractivity contribution in [1.82, 2.24) is 4.72 Å². The van der Waals surface area contributed by atoms with Crippen molar-refractivity contribution in [3.63, 3.8) is 0 Å². The third-order valence-corrected chi connectivity index (χ3v) is 5.38. The molecule has 0 spiro atoms. The number of hydrogen-bond donors (Lipinski definition) is 1. The molecular weight excluding hydrogens is 345 g/mol. The SMILES string of the molecule is C[C@@H](NS(=O)(=O)c1ccccc1Br)c1ccc(F)cc1. The highest BCUT2D eigenvalue weighted by molar-refractivity contribution is 9.10. The standard InChI is InChI=1S/C14H13BrFNO2S/c1-10(11-6-8-12(16)9-7-11)17-20(18,19)14-5-3-2-4-13(14)15/h2-10,17H,1H3/t10-/m1/s1. The molecule has 0 aliphatic carbocycles. The lowest BCUT2D eigenvalue weighted by Crippen LogP contribution is -2.27. The largest absolute Gasteiger partial charge is 0.242 e. The summed E-state index contributed by atoms with van der Waals surface area (Å²) in [6.07, 6.45) is 0. The van der Waals surface area contributed by atoms with Gasteiger partial charge in [-0.2, -0.15) is 0 Å². The van der Waals surface area contributed by atoms with Gasteiger partial charge in [0.05, 0.1) is 4.90 Å². The summed E-state index contributed by atoms with van der Waals surface area (Å²) in [5.41, 5.74) is 0.696. The van der Waals surface area contributed by atoms with E-state index in [1.54, 1.807) is 37.3 Å². The Morgan fingerprint density at radius 2 is 1.70 bits per heavy atom. The zero-order valence-electron chi connectivity index (χ0n) is 10.7. The van der Waals surface area contributed by atoms with Gasteiger partial charge in [-0.1, -0.05) is 24.3 Å². The summed E-state index contributed by atoms with van der Waals surface area (Å²) < 4.78 is 40.5. The van der Waals surface area contributed by atoms with Crippen LogP contribution in [-0.4, -0.2) is 8.42 Å². The fraction of sp³-hybridized carbons (Fsp3) is 0.143. The molecule has 2 aromatic carbocycles. The van der Waals surface area contributed by atoms with Gasteiger partial charge >= 0.3 is 0 Å². The van der Waals surface area contributed by atoms with Crippen LogP contribution >= 0.6 is 15.9 Å². The Kier molecular flexibility index (Phi) is 4.57. The van der Waals surface area contributed by atoms with E-state index in [1.807, 2.05) is 0 Å². The summed E-state index contributed by atoms with van der Waals surface area (Å²) in [6.45, 7) is 1.71. The van der Waals surface area contributed by atoms with Gasteiger partial charge in [-0.3, -0.25) is 0 Å². The topological polar surface area (TPSA) is 46.2 Å². The van der Waals surface area contributed by atoms with Gasteiger partial charge in [-0.05, 0) is 52.7 Å². The van der Waals surface area contributed by atoms with Crippen molar-refractivity contribution in [2.24, 2.45) is 0 Å². The summed E-state index contributed by atoms with van der Waals surface area (Å²) in [6, 6.07) is 11.9. The molecule has 1 N–H and O–H groups in total. The Hall–Kier alpha value is -1.24. The number of nitrogens with one attached hydrogen (secondary N) is 1. The zero-order valence-corrected chi connectivity index (χ0v) is 13.1. The van der Waals surface area contributed by atoms with E-state index in [2.05, 4.69) is 20.7 Å². The fourth-order valence-corrected chi connectivity index (χ4v) is 4.01. The summed E-state index contributed by atoms with van der Waals surface area (Å²) in [4.78, 5) is 0.175. The first-order valence-electron chi connectivity index (χ1n) is 5.92. The van der Waals surface area contributed by atoms with Gasteiger partial charge in [0.15, 0.2) is 0 Å². The van der Waals surface area contributed by atoms with Crippen molar-refractivity contribution >= 4 is 26.0 Å². The lowest BCUT2D eigenvalue weighted by atomic mass is 10.1. The normalized spacial score (nSPS) is 13.2. The molecule has 106 valence electrons. The van der Waals surface area contributed by atoms with E-state index in [1.165, 1.54) is 18.2 Å². The van der Waals surface area contributed by atoms with E-state index < -0.39 is 16.1 Å². The van der Waals surface area contributed by atoms with Crippen LogP contribution in [0.3, 0.4) is 0 Å². The van der Waals surface area contributed by atoms with Crippen LogP contribution < -0.4 is 4.72 Å². The van der Waals surface area contributed by atoms with E-state index in [-0.39, 0.29) is 10.7 Å². The van der Waals surface area contributed by atoms with Crippen LogP contribution in [0.1, 0.15) is 18.5 Å². The maximum Gasteiger partial charge on any atom is 0.242 e. The highest BCUT2D eigenvalue weighted by Gasteiger charge is 2.20. The summed E-state index contributed by atoms with van der Waals surface area (Å²) in [7, 11) is -3.64. The molecule has 0 saturated carbocycles. The maximum atomic E-state index is 12.9. The van der Waals surface area contributed by atoms with Crippen LogP contribution in [0.5, 0.6) is 0 Å². The van der Waals surface area contributed by atoms with E-state index in [9.17, 15) is 12.8 Å². The second-order valence-electron chi connectivity index (χ2n) is 4.32. The minimum absolute atomic E-state index is 0.175. The van der Waals surface area contributed by atoms with Gasteiger partial charge in [0.25, 0.3) is 0 Å². The smallest absolute Gasteiger partial charge is 0.207 e. The quantitative estimate of drug-likeness (QED) is 0.907. The van der Waals surface area contributed by atoms with Crippen molar-refractivity contribution in [2.75, 3.05) is 0 Å². The van der Waals surface area contributed by atoms with Crippen LogP contribution in [0, 0.1) is 5.82 Å². The second kappa shape index (κ2) is 6.03. The summed E-state index contributed by atoms with van der Waals surface area (Å²) >= 11 is 3.22. The van der Waals surface area contributed by atoms with Crippen LogP contribution in [0.2, 0.25) is 0 Å². The van der Waals surface area contributed by atoms with Crippen LogP contribution in [-0.2, 0) is 10.0 Å².